The zero-order chi connectivity index (χ0) is 10.7. The van der Waals surface area contributed by atoms with Gasteiger partial charge in [-0.25, -0.2) is 4.52 Å². The topological polar surface area (TPSA) is 55.3 Å². The van der Waals surface area contributed by atoms with Crippen molar-refractivity contribution in [2.75, 3.05) is 6.54 Å². The molecule has 2 heterocycles. The van der Waals surface area contributed by atoms with Crippen LogP contribution in [0.2, 0.25) is 0 Å². The molecule has 0 aromatic carbocycles. The maximum atomic E-state index is 5.54. The van der Waals surface area contributed by atoms with E-state index in [4.69, 9.17) is 5.73 Å². The Bertz CT molecular complexity index is 435. The highest BCUT2D eigenvalue weighted by Gasteiger charge is 2.04. The molecule has 2 aromatic heterocycles. The van der Waals surface area contributed by atoms with Gasteiger partial charge in [-0.2, -0.15) is 5.10 Å². The molecular formula is C11H16N4. The minimum Gasteiger partial charge on any atom is -0.329 e. The third-order valence-corrected chi connectivity index (χ3v) is 2.50. The highest BCUT2D eigenvalue weighted by atomic mass is 15.2. The quantitative estimate of drug-likeness (QED) is 0.773. The molecule has 0 bridgehead atoms. The first-order valence-electron chi connectivity index (χ1n) is 5.16. The Labute approximate surface area is 89.1 Å². The molecule has 80 valence electrons. The predicted molar refractivity (Wildman–Crippen MR) is 60.5 cm³/mol. The van der Waals surface area contributed by atoms with Crippen LogP contribution in [-0.4, -0.2) is 22.2 Å². The fourth-order valence-electron chi connectivity index (χ4n) is 1.49. The summed E-state index contributed by atoms with van der Waals surface area (Å²) in [5.74, 6) is 0. The lowest BCUT2D eigenvalue weighted by Gasteiger charge is -2.09. The molecule has 0 spiro atoms. The molecule has 0 saturated heterocycles. The normalized spacial score (nSPS) is 13.2. The van der Waals surface area contributed by atoms with Crippen LogP contribution in [0.15, 0.2) is 30.6 Å². The van der Waals surface area contributed by atoms with Crippen molar-refractivity contribution < 1.29 is 0 Å². The van der Waals surface area contributed by atoms with Crippen LogP contribution < -0.4 is 11.1 Å². The number of hydrogen-bond acceptors (Lipinski definition) is 3. The number of nitrogens with two attached hydrogens (primary N) is 1. The second kappa shape index (κ2) is 4.42. The molecule has 2 rings (SSSR count). The van der Waals surface area contributed by atoms with Crippen molar-refractivity contribution >= 4 is 5.52 Å². The van der Waals surface area contributed by atoms with Crippen molar-refractivity contribution in [3.63, 3.8) is 0 Å². The van der Waals surface area contributed by atoms with Gasteiger partial charge in [0, 0.05) is 30.9 Å². The third-order valence-electron chi connectivity index (χ3n) is 2.50. The highest BCUT2D eigenvalue weighted by Crippen LogP contribution is 2.09. The smallest absolute Gasteiger partial charge is 0.0706 e. The van der Waals surface area contributed by atoms with E-state index in [1.54, 1.807) is 0 Å². The minimum atomic E-state index is 0.337. The van der Waals surface area contributed by atoms with E-state index in [9.17, 15) is 0 Å². The van der Waals surface area contributed by atoms with E-state index in [1.807, 2.05) is 29.0 Å². The van der Waals surface area contributed by atoms with Crippen molar-refractivity contribution in [1.29, 1.82) is 0 Å². The zero-order valence-corrected chi connectivity index (χ0v) is 8.85. The van der Waals surface area contributed by atoms with Crippen LogP contribution in [0.4, 0.5) is 0 Å². The number of aromatic nitrogens is 2. The van der Waals surface area contributed by atoms with Crippen LogP contribution >= 0.6 is 0 Å². The van der Waals surface area contributed by atoms with Gasteiger partial charge in [-0.15, -0.1) is 0 Å². The fourth-order valence-corrected chi connectivity index (χ4v) is 1.49. The standard InChI is InChI=1S/C11H16N4/c1-9(6-12)13-7-10-8-14-15-5-3-2-4-11(10)15/h2-5,8-9,13H,6-7,12H2,1H3. The molecule has 0 radical (unpaired) electrons. The van der Waals surface area contributed by atoms with E-state index < -0.39 is 0 Å². The number of nitrogens with zero attached hydrogens (tertiary/aromatic N) is 2. The fraction of sp³-hybridized carbons (Fsp3) is 0.364. The van der Waals surface area contributed by atoms with E-state index in [1.165, 1.54) is 5.56 Å². The molecule has 1 atom stereocenters. The number of hydrogen-bond donors (Lipinski definition) is 2. The Morgan fingerprint density at radius 2 is 2.40 bits per heavy atom. The molecule has 0 amide bonds. The second-order valence-corrected chi connectivity index (χ2v) is 3.72. The summed E-state index contributed by atoms with van der Waals surface area (Å²) in [4.78, 5) is 0. The summed E-state index contributed by atoms with van der Waals surface area (Å²) in [6.07, 6.45) is 3.84. The molecule has 4 nitrogen and oxygen atoms in total. The molecule has 0 aliphatic carbocycles. The van der Waals surface area contributed by atoms with Crippen LogP contribution in [0, 0.1) is 0 Å². The van der Waals surface area contributed by atoms with Gasteiger partial charge in [0.25, 0.3) is 0 Å². The summed E-state index contributed by atoms with van der Waals surface area (Å²) in [6.45, 7) is 3.54. The van der Waals surface area contributed by atoms with Gasteiger partial charge in [-0.3, -0.25) is 0 Å². The Morgan fingerprint density at radius 3 is 3.20 bits per heavy atom. The van der Waals surface area contributed by atoms with Gasteiger partial charge < -0.3 is 11.1 Å². The average molecular weight is 204 g/mol. The minimum absolute atomic E-state index is 0.337. The summed E-state index contributed by atoms with van der Waals surface area (Å²) >= 11 is 0. The lowest BCUT2D eigenvalue weighted by atomic mass is 10.2. The Kier molecular flexibility index (Phi) is 2.99. The van der Waals surface area contributed by atoms with Crippen molar-refractivity contribution in [3.05, 3.63) is 36.2 Å². The van der Waals surface area contributed by atoms with E-state index in [0.717, 1.165) is 12.1 Å². The average Bonchev–Trinajstić information content (AvgIpc) is 2.69. The van der Waals surface area contributed by atoms with Crippen LogP contribution in [0.3, 0.4) is 0 Å². The summed E-state index contributed by atoms with van der Waals surface area (Å²) in [7, 11) is 0. The third kappa shape index (κ3) is 2.16. The van der Waals surface area contributed by atoms with Crippen molar-refractivity contribution in [1.82, 2.24) is 14.9 Å². The Morgan fingerprint density at radius 1 is 1.53 bits per heavy atom. The molecular weight excluding hydrogens is 188 g/mol. The highest BCUT2D eigenvalue weighted by molar-refractivity contribution is 5.53. The van der Waals surface area contributed by atoms with Crippen molar-refractivity contribution in [2.45, 2.75) is 19.5 Å². The second-order valence-electron chi connectivity index (χ2n) is 3.72. The summed E-state index contributed by atoms with van der Waals surface area (Å²) in [5.41, 5.74) is 7.89. The molecule has 0 aliphatic rings. The summed E-state index contributed by atoms with van der Waals surface area (Å²) in [6, 6.07) is 6.40. The van der Waals surface area contributed by atoms with E-state index in [0.29, 0.717) is 12.6 Å². The first-order chi connectivity index (χ1) is 7.31. The molecule has 4 heteroatoms. The van der Waals surface area contributed by atoms with Gasteiger partial charge in [0.05, 0.1) is 11.7 Å². The lowest BCUT2D eigenvalue weighted by Crippen LogP contribution is -2.32. The summed E-state index contributed by atoms with van der Waals surface area (Å²) in [5, 5.41) is 7.62. The van der Waals surface area contributed by atoms with E-state index in [2.05, 4.69) is 23.4 Å². The maximum absolute atomic E-state index is 5.54. The van der Waals surface area contributed by atoms with E-state index in [-0.39, 0.29) is 0 Å². The van der Waals surface area contributed by atoms with Gasteiger partial charge in [-0.1, -0.05) is 6.07 Å². The van der Waals surface area contributed by atoms with Gasteiger partial charge in [0.15, 0.2) is 0 Å². The Hall–Kier alpha value is -1.39. The number of rotatable bonds is 4. The first-order valence-corrected chi connectivity index (χ1v) is 5.16. The zero-order valence-electron chi connectivity index (χ0n) is 8.85. The Balaban J connectivity index is 2.14. The lowest BCUT2D eigenvalue weighted by molar-refractivity contribution is 0.558. The van der Waals surface area contributed by atoms with Gasteiger partial charge >= 0.3 is 0 Å². The van der Waals surface area contributed by atoms with E-state index >= 15 is 0 Å². The largest absolute Gasteiger partial charge is 0.329 e. The van der Waals surface area contributed by atoms with Gasteiger partial charge in [-0.05, 0) is 19.1 Å². The van der Waals surface area contributed by atoms with Crippen LogP contribution in [0.5, 0.6) is 0 Å². The number of fused-ring (bicyclic) bond motifs is 1. The molecule has 3 N–H and O–H groups in total. The van der Waals surface area contributed by atoms with Crippen LogP contribution in [0.1, 0.15) is 12.5 Å². The molecule has 15 heavy (non-hydrogen) atoms. The van der Waals surface area contributed by atoms with Crippen molar-refractivity contribution in [2.24, 2.45) is 5.73 Å². The van der Waals surface area contributed by atoms with Crippen LogP contribution in [-0.2, 0) is 6.54 Å². The molecule has 0 aliphatic heterocycles. The molecule has 0 fully saturated rings. The molecule has 0 saturated carbocycles. The van der Waals surface area contributed by atoms with Crippen LogP contribution in [0.25, 0.3) is 5.52 Å². The van der Waals surface area contributed by atoms with Crippen molar-refractivity contribution in [3.8, 4) is 0 Å². The SMILES string of the molecule is CC(CN)NCc1cnn2ccccc12. The first kappa shape index (κ1) is 10.1. The molecule has 1 unspecified atom stereocenters. The molecule has 2 aromatic rings. The van der Waals surface area contributed by atoms with Gasteiger partial charge in [0.1, 0.15) is 0 Å². The maximum Gasteiger partial charge on any atom is 0.0706 e. The number of nitrogens with one attached hydrogen (secondary N) is 1. The summed E-state index contributed by atoms with van der Waals surface area (Å²) < 4.78 is 1.88. The monoisotopic (exact) mass is 204 g/mol. The predicted octanol–water partition coefficient (Wildman–Crippen LogP) is 0.771. The number of pyridine rings is 1. The van der Waals surface area contributed by atoms with Gasteiger partial charge in [0.2, 0.25) is 0 Å².